The predicted molar refractivity (Wildman–Crippen MR) is 240 cm³/mol. The van der Waals surface area contributed by atoms with Crippen LogP contribution in [0.25, 0.3) is 19.8 Å². The zero-order chi connectivity index (χ0) is 44.8. The first-order valence-corrected chi connectivity index (χ1v) is 22.7. The van der Waals surface area contributed by atoms with Crippen molar-refractivity contribution in [1.82, 2.24) is 29.2 Å². The fourth-order valence-corrected chi connectivity index (χ4v) is 12.5. The van der Waals surface area contributed by atoms with Crippen molar-refractivity contribution in [3.63, 3.8) is 0 Å². The van der Waals surface area contributed by atoms with E-state index >= 15 is 0 Å². The van der Waals surface area contributed by atoms with Gasteiger partial charge >= 0.3 is 23.4 Å². The van der Waals surface area contributed by atoms with Crippen LogP contribution in [0.15, 0.2) is 80.2 Å². The fourth-order valence-electron chi connectivity index (χ4n) is 6.97. The molecule has 2 aliphatic rings. The third-order valence-corrected chi connectivity index (χ3v) is 14.5. The minimum atomic E-state index is -0.771. The molecule has 4 aromatic heterocycles. The Labute approximate surface area is 377 Å². The monoisotopic (exact) mass is 940 g/mol. The predicted octanol–water partition coefficient (Wildman–Crippen LogP) is 7.05. The van der Waals surface area contributed by atoms with Crippen molar-refractivity contribution in [3.8, 4) is 23.5 Å². The average molecular weight is 941 g/mol. The van der Waals surface area contributed by atoms with Crippen LogP contribution in [0.3, 0.4) is 0 Å². The Morgan fingerprint density at radius 2 is 0.922 bits per heavy atom. The summed E-state index contributed by atoms with van der Waals surface area (Å²) < 4.78 is 27.1. The highest BCUT2D eigenvalue weighted by atomic mass is 32.2. The summed E-state index contributed by atoms with van der Waals surface area (Å²) in [6, 6.07) is 16.9. The number of rotatable bonds is 14. The smallest absolute Gasteiger partial charge is 0.336 e. The normalized spacial score (nSPS) is 13.0. The van der Waals surface area contributed by atoms with Crippen LogP contribution in [0, 0.1) is 20.2 Å². The standard InChI is InChI=1S/C40H32N10O10S4/c1-5-57-27-29-31(63-37(61-29)25-23(49(53)54)21(33-43-39(59-7-3)45-47(25)33)35(51)41-19-15-11-9-12-16-19)28(58-6-2)32-30(27)62-38(64-32)26-24(50(55)56)22(34-44-40(60-8-4)46-48(26)34)36(52)42-20-17-13-10-14-18-20/h9-18H,5-8H2,1-4H3,(H,41,51)(H,42,52). The largest absolute Gasteiger partial charge is 0.491 e. The van der Waals surface area contributed by atoms with Gasteiger partial charge in [0.1, 0.15) is 11.5 Å². The Hall–Kier alpha value is -6.76. The quantitative estimate of drug-likeness (QED) is 0.0819. The van der Waals surface area contributed by atoms with Gasteiger partial charge in [-0.2, -0.15) is 9.97 Å². The van der Waals surface area contributed by atoms with Crippen LogP contribution in [-0.4, -0.2) is 77.3 Å². The number of anilines is 2. The van der Waals surface area contributed by atoms with E-state index in [0.717, 1.165) is 47.0 Å². The minimum Gasteiger partial charge on any atom is -0.491 e. The van der Waals surface area contributed by atoms with Gasteiger partial charge in [0.25, 0.3) is 11.8 Å². The van der Waals surface area contributed by atoms with Gasteiger partial charge in [-0.05, 0) is 52.0 Å². The molecule has 0 saturated heterocycles. The molecule has 2 N–H and O–H groups in total. The zero-order valence-corrected chi connectivity index (χ0v) is 37.2. The van der Waals surface area contributed by atoms with Crippen molar-refractivity contribution in [2.24, 2.45) is 0 Å². The Balaban J connectivity index is 1.24. The number of benzene rings is 3. The topological polar surface area (TPSA) is 242 Å². The number of fused-ring (bicyclic) bond motifs is 4. The Bertz CT molecular complexity index is 2930. The molecule has 20 nitrogen and oxygen atoms in total. The number of nitro groups is 2. The van der Waals surface area contributed by atoms with E-state index in [1.807, 2.05) is 0 Å². The molecular formula is C40H32N10O10S4. The summed E-state index contributed by atoms with van der Waals surface area (Å²) in [6.45, 7) is 7.86. The molecule has 3 aromatic carbocycles. The van der Waals surface area contributed by atoms with Crippen molar-refractivity contribution < 1.29 is 38.4 Å². The van der Waals surface area contributed by atoms with Crippen LogP contribution >= 0.6 is 47.0 Å². The minimum absolute atomic E-state index is 0.00660. The van der Waals surface area contributed by atoms with E-state index in [-0.39, 0.29) is 71.6 Å². The summed E-state index contributed by atoms with van der Waals surface area (Å²) in [5.41, 5.74) is -0.981. The number of carbonyl (C=O) groups is 2. The van der Waals surface area contributed by atoms with E-state index in [2.05, 4.69) is 30.8 Å². The fraction of sp³-hybridized carbons (Fsp3) is 0.200. The summed E-state index contributed by atoms with van der Waals surface area (Å²) in [5.74, 6) is -0.767. The van der Waals surface area contributed by atoms with Gasteiger partial charge in [0.05, 0.1) is 64.3 Å². The number of carbonyl (C=O) groups excluding carboxylic acids is 2. The molecule has 2 amide bonds. The summed E-state index contributed by atoms with van der Waals surface area (Å²) >= 11 is 4.63. The first-order valence-electron chi connectivity index (χ1n) is 19.5. The molecule has 24 heteroatoms. The van der Waals surface area contributed by atoms with Gasteiger partial charge in [-0.15, -0.1) is 10.2 Å². The summed E-state index contributed by atoms with van der Waals surface area (Å²) in [5, 5.41) is 40.5. The van der Waals surface area contributed by atoms with Crippen LogP contribution in [-0.2, 0) is 0 Å². The Kier molecular flexibility index (Phi) is 11.6. The molecule has 9 rings (SSSR count). The second-order valence-electron chi connectivity index (χ2n) is 13.2. The molecule has 6 heterocycles. The number of nitrogens with one attached hydrogen (secondary N) is 2. The number of aromatic nitrogens is 6. The molecule has 0 aliphatic carbocycles. The number of hydrogen-bond acceptors (Lipinski definition) is 18. The van der Waals surface area contributed by atoms with E-state index in [1.165, 1.54) is 9.03 Å². The molecule has 0 spiro atoms. The van der Waals surface area contributed by atoms with E-state index in [0.29, 0.717) is 50.9 Å². The van der Waals surface area contributed by atoms with E-state index < -0.39 is 33.0 Å². The average Bonchev–Trinajstić information content (AvgIpc) is 4.13. The molecule has 0 atom stereocenters. The van der Waals surface area contributed by atoms with Crippen LogP contribution in [0.2, 0.25) is 0 Å². The maximum atomic E-state index is 13.9. The van der Waals surface area contributed by atoms with Crippen LogP contribution in [0.4, 0.5) is 22.7 Å². The second-order valence-corrected chi connectivity index (χ2v) is 17.8. The van der Waals surface area contributed by atoms with Gasteiger partial charge in [-0.1, -0.05) is 83.4 Å². The molecule has 0 bridgehead atoms. The molecule has 2 aliphatic heterocycles. The van der Waals surface area contributed by atoms with Gasteiger partial charge in [0, 0.05) is 11.4 Å². The number of thioether (sulfide) groups is 4. The number of ether oxygens (including phenoxy) is 4. The second kappa shape index (κ2) is 17.4. The molecule has 0 unspecified atom stereocenters. The van der Waals surface area contributed by atoms with Crippen molar-refractivity contribution in [1.29, 1.82) is 0 Å². The summed E-state index contributed by atoms with van der Waals surface area (Å²) in [7, 11) is 0. The highest BCUT2D eigenvalue weighted by Gasteiger charge is 2.42. The van der Waals surface area contributed by atoms with Crippen LogP contribution in [0.1, 0.15) is 48.4 Å². The number of para-hydroxylation sites is 2. The zero-order valence-electron chi connectivity index (χ0n) is 33.9. The third kappa shape index (κ3) is 7.30. The molecule has 326 valence electrons. The van der Waals surface area contributed by atoms with E-state index in [1.54, 1.807) is 88.4 Å². The van der Waals surface area contributed by atoms with E-state index in [9.17, 15) is 29.8 Å². The van der Waals surface area contributed by atoms with Gasteiger partial charge in [0.15, 0.2) is 33.1 Å². The van der Waals surface area contributed by atoms with Crippen molar-refractivity contribution in [2.45, 2.75) is 47.3 Å². The molecule has 0 saturated carbocycles. The summed E-state index contributed by atoms with van der Waals surface area (Å²) in [4.78, 5) is 63.7. The first kappa shape index (κ1) is 42.5. The van der Waals surface area contributed by atoms with E-state index in [4.69, 9.17) is 18.9 Å². The highest BCUT2D eigenvalue weighted by Crippen LogP contribution is 2.68. The van der Waals surface area contributed by atoms with Crippen LogP contribution in [0.5, 0.6) is 23.5 Å². The summed E-state index contributed by atoms with van der Waals surface area (Å²) in [6.07, 6.45) is 0. The maximum absolute atomic E-state index is 13.9. The number of amides is 2. The Morgan fingerprint density at radius 3 is 1.23 bits per heavy atom. The maximum Gasteiger partial charge on any atom is 0.336 e. The van der Waals surface area contributed by atoms with Crippen molar-refractivity contribution >= 4 is 101 Å². The lowest BCUT2D eigenvalue weighted by atomic mass is 10.2. The van der Waals surface area contributed by atoms with Crippen LogP contribution < -0.4 is 40.3 Å². The lowest BCUT2D eigenvalue weighted by molar-refractivity contribution is -0.386. The highest BCUT2D eigenvalue weighted by molar-refractivity contribution is 8.33. The van der Waals surface area contributed by atoms with Crippen molar-refractivity contribution in [2.75, 3.05) is 37.1 Å². The first-order chi connectivity index (χ1) is 31.1. The molecule has 0 fully saturated rings. The Morgan fingerprint density at radius 1 is 0.578 bits per heavy atom. The van der Waals surface area contributed by atoms with Gasteiger partial charge in [0.2, 0.25) is 0 Å². The number of hydrogen-bond donors (Lipinski definition) is 2. The SMILES string of the molecule is CCOc1nc2c(C(=O)Nc3ccccc3)c([N+](=O)[O-])c(=C3Sc4c(OCC)c5c(c(OCC)c4S3)SC(=c3c([N+](=O)[O-])c(C(=O)Nc4ccccc4)c4nc(OCC)nn34)S5)n2n1. The molecule has 0 radical (unpaired) electrons. The van der Waals surface area contributed by atoms with Gasteiger partial charge in [-0.3, -0.25) is 29.8 Å². The van der Waals surface area contributed by atoms with Crippen molar-refractivity contribution in [3.05, 3.63) is 103 Å². The number of nitrogens with zero attached hydrogens (tertiary/aromatic N) is 8. The van der Waals surface area contributed by atoms with Gasteiger partial charge < -0.3 is 29.6 Å². The molecule has 64 heavy (non-hydrogen) atoms. The third-order valence-electron chi connectivity index (χ3n) is 9.38. The molecule has 7 aromatic rings. The lowest BCUT2D eigenvalue weighted by Crippen LogP contribution is -2.18. The van der Waals surface area contributed by atoms with Gasteiger partial charge in [-0.25, -0.2) is 9.03 Å². The lowest BCUT2D eigenvalue weighted by Gasteiger charge is -2.16. The molecular weight excluding hydrogens is 909 g/mol.